The molecule has 2 N–H and O–H groups in total. The van der Waals surface area contributed by atoms with Crippen LogP contribution in [0.15, 0.2) is 66.7 Å². The average Bonchev–Trinajstić information content (AvgIpc) is 2.62. The zero-order valence-corrected chi connectivity index (χ0v) is 13.3. The molecular weight excluding hydrogens is 280 g/mol. The molecule has 1 aliphatic heterocycles. The van der Waals surface area contributed by atoms with Crippen LogP contribution >= 0.6 is 0 Å². The van der Waals surface area contributed by atoms with Crippen LogP contribution in [-0.4, -0.2) is 18.0 Å². The quantitative estimate of drug-likeness (QED) is 0.795. The van der Waals surface area contributed by atoms with E-state index in [4.69, 9.17) is 5.73 Å². The van der Waals surface area contributed by atoms with Crippen molar-refractivity contribution < 1.29 is 0 Å². The monoisotopic (exact) mass is 302 g/mol. The predicted octanol–water partition coefficient (Wildman–Crippen LogP) is 3.90. The van der Waals surface area contributed by atoms with Crippen LogP contribution in [0.1, 0.15) is 22.7 Å². The highest BCUT2D eigenvalue weighted by atomic mass is 15.2. The van der Waals surface area contributed by atoms with Crippen LogP contribution in [0.5, 0.6) is 0 Å². The number of benzene rings is 3. The summed E-state index contributed by atoms with van der Waals surface area (Å²) >= 11 is 0. The van der Waals surface area contributed by atoms with E-state index in [0.29, 0.717) is 6.54 Å². The first-order valence-corrected chi connectivity index (χ1v) is 8.35. The van der Waals surface area contributed by atoms with Crippen LogP contribution in [0, 0.1) is 0 Å². The van der Waals surface area contributed by atoms with E-state index in [1.54, 1.807) is 0 Å². The molecule has 116 valence electrons. The number of rotatable bonds is 3. The van der Waals surface area contributed by atoms with Crippen molar-refractivity contribution >= 4 is 10.8 Å². The second kappa shape index (κ2) is 6.15. The Balaban J connectivity index is 1.72. The van der Waals surface area contributed by atoms with E-state index >= 15 is 0 Å². The molecule has 1 atom stereocenters. The van der Waals surface area contributed by atoms with Gasteiger partial charge in [-0.2, -0.15) is 0 Å². The van der Waals surface area contributed by atoms with Gasteiger partial charge in [0.25, 0.3) is 0 Å². The van der Waals surface area contributed by atoms with E-state index in [1.807, 2.05) is 0 Å². The summed E-state index contributed by atoms with van der Waals surface area (Å²) in [5.74, 6) is 0. The molecule has 3 aromatic carbocycles. The Morgan fingerprint density at radius 1 is 0.870 bits per heavy atom. The van der Waals surface area contributed by atoms with Crippen molar-refractivity contribution in [1.29, 1.82) is 0 Å². The number of nitrogens with zero attached hydrogens (tertiary/aromatic N) is 1. The number of hydrogen-bond donors (Lipinski definition) is 1. The first-order valence-electron chi connectivity index (χ1n) is 8.35. The van der Waals surface area contributed by atoms with E-state index in [0.717, 1.165) is 19.5 Å². The van der Waals surface area contributed by atoms with Gasteiger partial charge in [0.1, 0.15) is 0 Å². The van der Waals surface area contributed by atoms with Crippen molar-refractivity contribution in [3.8, 4) is 0 Å². The Labute approximate surface area is 137 Å². The third kappa shape index (κ3) is 2.65. The Bertz CT molecular complexity index is 819. The lowest BCUT2D eigenvalue weighted by atomic mass is 9.94. The van der Waals surface area contributed by atoms with Crippen molar-refractivity contribution in [2.75, 3.05) is 13.1 Å². The standard InChI is InChI=1S/C21H22N2/c22-14-21(20-11-5-9-17-7-3-4-10-19(17)20)23-13-12-16-6-1-2-8-18(16)15-23/h1-11,21H,12-15,22H2. The third-order valence-electron chi connectivity index (χ3n) is 5.01. The van der Waals surface area contributed by atoms with Gasteiger partial charge in [0.2, 0.25) is 0 Å². The largest absolute Gasteiger partial charge is 0.329 e. The number of nitrogens with two attached hydrogens (primary N) is 1. The molecular formula is C21H22N2. The molecule has 0 radical (unpaired) electrons. The van der Waals surface area contributed by atoms with Gasteiger partial charge in [0.15, 0.2) is 0 Å². The van der Waals surface area contributed by atoms with Crippen molar-refractivity contribution in [2.24, 2.45) is 5.73 Å². The van der Waals surface area contributed by atoms with E-state index in [1.165, 1.54) is 27.5 Å². The number of hydrogen-bond acceptors (Lipinski definition) is 2. The van der Waals surface area contributed by atoms with Gasteiger partial charge in [-0.05, 0) is 33.9 Å². The molecule has 1 aliphatic rings. The first-order chi connectivity index (χ1) is 11.4. The molecule has 0 fully saturated rings. The predicted molar refractivity (Wildman–Crippen MR) is 96.3 cm³/mol. The van der Waals surface area contributed by atoms with Crippen LogP contribution in [-0.2, 0) is 13.0 Å². The van der Waals surface area contributed by atoms with Crippen molar-refractivity contribution in [1.82, 2.24) is 4.90 Å². The maximum Gasteiger partial charge on any atom is 0.0480 e. The molecule has 0 amide bonds. The third-order valence-corrected chi connectivity index (χ3v) is 5.01. The summed E-state index contributed by atoms with van der Waals surface area (Å²) in [4.78, 5) is 2.53. The van der Waals surface area contributed by atoms with Gasteiger partial charge in [-0.3, -0.25) is 4.90 Å². The zero-order valence-electron chi connectivity index (χ0n) is 13.3. The summed E-state index contributed by atoms with van der Waals surface area (Å²) in [6.07, 6.45) is 1.11. The Morgan fingerprint density at radius 2 is 1.61 bits per heavy atom. The lowest BCUT2D eigenvalue weighted by Gasteiger charge is -2.35. The molecule has 2 heteroatoms. The molecule has 2 nitrogen and oxygen atoms in total. The summed E-state index contributed by atoms with van der Waals surface area (Å²) in [5.41, 5.74) is 10.5. The maximum atomic E-state index is 6.20. The lowest BCUT2D eigenvalue weighted by Crippen LogP contribution is -2.37. The fourth-order valence-electron chi connectivity index (χ4n) is 3.80. The molecule has 4 rings (SSSR count). The summed E-state index contributed by atoms with van der Waals surface area (Å²) in [6.45, 7) is 2.71. The lowest BCUT2D eigenvalue weighted by molar-refractivity contribution is 0.185. The number of fused-ring (bicyclic) bond motifs is 2. The van der Waals surface area contributed by atoms with Gasteiger partial charge in [-0.15, -0.1) is 0 Å². The molecule has 0 saturated heterocycles. The van der Waals surface area contributed by atoms with Gasteiger partial charge in [-0.1, -0.05) is 66.7 Å². The van der Waals surface area contributed by atoms with Crippen molar-refractivity contribution in [2.45, 2.75) is 19.0 Å². The molecule has 23 heavy (non-hydrogen) atoms. The minimum absolute atomic E-state index is 0.273. The van der Waals surface area contributed by atoms with E-state index < -0.39 is 0 Å². The summed E-state index contributed by atoms with van der Waals surface area (Å²) in [5, 5.41) is 2.62. The Morgan fingerprint density at radius 3 is 2.48 bits per heavy atom. The minimum atomic E-state index is 0.273. The van der Waals surface area contributed by atoms with E-state index in [9.17, 15) is 0 Å². The average molecular weight is 302 g/mol. The smallest absolute Gasteiger partial charge is 0.0480 e. The van der Waals surface area contributed by atoms with Gasteiger partial charge < -0.3 is 5.73 Å². The highest BCUT2D eigenvalue weighted by Crippen LogP contribution is 2.31. The van der Waals surface area contributed by atoms with Crippen LogP contribution in [0.2, 0.25) is 0 Å². The fraction of sp³-hybridized carbons (Fsp3) is 0.238. The topological polar surface area (TPSA) is 29.3 Å². The minimum Gasteiger partial charge on any atom is -0.329 e. The zero-order chi connectivity index (χ0) is 15.6. The van der Waals surface area contributed by atoms with Crippen LogP contribution < -0.4 is 5.73 Å². The second-order valence-electron chi connectivity index (χ2n) is 6.31. The van der Waals surface area contributed by atoms with Gasteiger partial charge in [-0.25, -0.2) is 0 Å². The highest BCUT2D eigenvalue weighted by Gasteiger charge is 2.24. The molecule has 0 aromatic heterocycles. The summed E-state index contributed by atoms with van der Waals surface area (Å²) in [7, 11) is 0. The van der Waals surface area contributed by atoms with Crippen molar-refractivity contribution in [3.05, 3.63) is 83.4 Å². The van der Waals surface area contributed by atoms with Crippen LogP contribution in [0.3, 0.4) is 0 Å². The molecule has 0 bridgehead atoms. The van der Waals surface area contributed by atoms with Gasteiger partial charge >= 0.3 is 0 Å². The fourth-order valence-corrected chi connectivity index (χ4v) is 3.80. The normalized spacial score (nSPS) is 16.2. The molecule has 3 aromatic rings. The van der Waals surface area contributed by atoms with Crippen LogP contribution in [0.4, 0.5) is 0 Å². The Kier molecular flexibility index (Phi) is 3.86. The van der Waals surface area contributed by atoms with E-state index in [-0.39, 0.29) is 6.04 Å². The van der Waals surface area contributed by atoms with E-state index in [2.05, 4.69) is 71.6 Å². The molecule has 0 saturated carbocycles. The Hall–Kier alpha value is -2.16. The summed E-state index contributed by atoms with van der Waals surface area (Å²) < 4.78 is 0. The molecule has 0 aliphatic carbocycles. The highest BCUT2D eigenvalue weighted by molar-refractivity contribution is 5.86. The van der Waals surface area contributed by atoms with Crippen LogP contribution in [0.25, 0.3) is 10.8 Å². The first kappa shape index (κ1) is 14.4. The summed E-state index contributed by atoms with van der Waals surface area (Å²) in [6, 6.07) is 24.2. The van der Waals surface area contributed by atoms with Gasteiger partial charge in [0.05, 0.1) is 0 Å². The maximum absolute atomic E-state index is 6.20. The SMILES string of the molecule is NCC(c1cccc2ccccc12)N1CCc2ccccc2C1. The molecule has 1 heterocycles. The second-order valence-corrected chi connectivity index (χ2v) is 6.31. The van der Waals surface area contributed by atoms with Crippen molar-refractivity contribution in [3.63, 3.8) is 0 Å². The molecule has 0 spiro atoms. The van der Waals surface area contributed by atoms with Gasteiger partial charge in [0, 0.05) is 25.7 Å². The molecule has 1 unspecified atom stereocenters.